The van der Waals surface area contributed by atoms with E-state index in [1.165, 1.54) is 16.7 Å². The zero-order valence-electron chi connectivity index (χ0n) is 13.2. The Morgan fingerprint density at radius 1 is 1.14 bits per heavy atom. The predicted molar refractivity (Wildman–Crippen MR) is 88.3 cm³/mol. The number of aromatic nitrogens is 1. The number of nitrogens with zero attached hydrogens (tertiary/aromatic N) is 2. The van der Waals surface area contributed by atoms with Gasteiger partial charge in [0.05, 0.1) is 13.2 Å². The summed E-state index contributed by atoms with van der Waals surface area (Å²) in [7, 11) is 1.70. The van der Waals surface area contributed by atoms with E-state index in [4.69, 9.17) is 4.74 Å². The van der Waals surface area contributed by atoms with Crippen LogP contribution in [0.2, 0.25) is 0 Å². The van der Waals surface area contributed by atoms with Crippen LogP contribution in [0.15, 0.2) is 42.7 Å². The Morgan fingerprint density at radius 3 is 2.50 bits per heavy atom. The number of hydrogen-bond acceptors (Lipinski definition) is 4. The van der Waals surface area contributed by atoms with Crippen LogP contribution in [0.3, 0.4) is 0 Å². The van der Waals surface area contributed by atoms with Gasteiger partial charge in [0, 0.05) is 38.6 Å². The summed E-state index contributed by atoms with van der Waals surface area (Å²) in [6, 6.07) is 10.8. The van der Waals surface area contributed by atoms with Gasteiger partial charge in [-0.15, -0.1) is 0 Å². The molecule has 1 aliphatic heterocycles. The van der Waals surface area contributed by atoms with Crippen LogP contribution in [0.4, 0.5) is 0 Å². The molecule has 3 rings (SSSR count). The van der Waals surface area contributed by atoms with Gasteiger partial charge in [0.2, 0.25) is 0 Å². The molecule has 1 atom stereocenters. The third kappa shape index (κ3) is 3.13. The molecule has 0 spiro atoms. The van der Waals surface area contributed by atoms with Gasteiger partial charge in [-0.2, -0.15) is 0 Å². The molecule has 4 nitrogen and oxygen atoms in total. The molecule has 0 saturated carbocycles. The minimum Gasteiger partial charge on any atom is -0.497 e. The van der Waals surface area contributed by atoms with E-state index >= 15 is 0 Å². The maximum absolute atomic E-state index is 5.29. The van der Waals surface area contributed by atoms with Gasteiger partial charge in [-0.3, -0.25) is 9.88 Å². The van der Waals surface area contributed by atoms with E-state index in [-0.39, 0.29) is 6.04 Å². The third-order valence-corrected chi connectivity index (χ3v) is 4.31. The van der Waals surface area contributed by atoms with Gasteiger partial charge in [-0.25, -0.2) is 0 Å². The summed E-state index contributed by atoms with van der Waals surface area (Å²) in [6.45, 7) is 6.32. The summed E-state index contributed by atoms with van der Waals surface area (Å²) < 4.78 is 5.29. The number of rotatable bonds is 4. The summed E-state index contributed by atoms with van der Waals surface area (Å²) in [5, 5.41) is 3.43. The average Bonchev–Trinajstić information content (AvgIpc) is 2.58. The van der Waals surface area contributed by atoms with Gasteiger partial charge in [-0.05, 0) is 41.8 Å². The van der Waals surface area contributed by atoms with Crippen molar-refractivity contribution in [1.82, 2.24) is 15.2 Å². The zero-order chi connectivity index (χ0) is 15.4. The maximum Gasteiger partial charge on any atom is 0.118 e. The lowest BCUT2D eigenvalue weighted by Crippen LogP contribution is -2.45. The predicted octanol–water partition coefficient (Wildman–Crippen LogP) is 2.39. The van der Waals surface area contributed by atoms with Crippen molar-refractivity contribution < 1.29 is 4.74 Å². The van der Waals surface area contributed by atoms with Crippen molar-refractivity contribution in [2.45, 2.75) is 13.0 Å². The molecule has 1 unspecified atom stereocenters. The summed E-state index contributed by atoms with van der Waals surface area (Å²) in [5.41, 5.74) is 3.88. The first-order valence-corrected chi connectivity index (χ1v) is 7.79. The van der Waals surface area contributed by atoms with E-state index in [0.717, 1.165) is 31.9 Å². The van der Waals surface area contributed by atoms with Crippen molar-refractivity contribution >= 4 is 0 Å². The van der Waals surface area contributed by atoms with Crippen LogP contribution in [0, 0.1) is 6.92 Å². The van der Waals surface area contributed by atoms with Gasteiger partial charge >= 0.3 is 0 Å². The van der Waals surface area contributed by atoms with Crippen molar-refractivity contribution in [2.75, 3.05) is 33.3 Å². The van der Waals surface area contributed by atoms with Crippen molar-refractivity contribution in [3.05, 3.63) is 59.4 Å². The second-order valence-electron chi connectivity index (χ2n) is 5.69. The average molecular weight is 297 g/mol. The Hall–Kier alpha value is -1.91. The van der Waals surface area contributed by atoms with E-state index in [1.807, 2.05) is 24.5 Å². The zero-order valence-corrected chi connectivity index (χ0v) is 13.2. The highest BCUT2D eigenvalue weighted by atomic mass is 16.5. The number of pyridine rings is 1. The molecular weight excluding hydrogens is 274 g/mol. The Balaban J connectivity index is 1.99. The molecular formula is C18H23N3O. The number of hydrogen-bond donors (Lipinski definition) is 1. The van der Waals surface area contributed by atoms with Gasteiger partial charge in [0.1, 0.15) is 5.75 Å². The first-order valence-electron chi connectivity index (χ1n) is 7.79. The number of nitrogens with one attached hydrogen (secondary N) is 1. The normalized spacial score (nSPS) is 17.2. The van der Waals surface area contributed by atoms with Gasteiger partial charge < -0.3 is 10.1 Å². The van der Waals surface area contributed by atoms with Crippen LogP contribution >= 0.6 is 0 Å². The molecule has 0 aliphatic carbocycles. The molecule has 2 aromatic rings. The molecule has 1 N–H and O–H groups in total. The molecule has 0 amide bonds. The highest BCUT2D eigenvalue weighted by Gasteiger charge is 2.25. The number of ether oxygens (including phenoxy) is 1. The Labute approximate surface area is 132 Å². The minimum absolute atomic E-state index is 0.274. The molecule has 1 aromatic carbocycles. The van der Waals surface area contributed by atoms with Gasteiger partial charge in [-0.1, -0.05) is 12.1 Å². The van der Waals surface area contributed by atoms with E-state index < -0.39 is 0 Å². The standard InChI is InChI=1S/C18H23N3O/c1-14-13-20-8-7-17(14)18(21-11-9-19-10-12-21)15-3-5-16(22-2)6-4-15/h3-8,13,18-19H,9-12H2,1-2H3. The summed E-state index contributed by atoms with van der Waals surface area (Å²) in [6.07, 6.45) is 3.84. The molecule has 1 saturated heterocycles. The largest absolute Gasteiger partial charge is 0.497 e. The fraction of sp³-hybridized carbons (Fsp3) is 0.389. The monoisotopic (exact) mass is 297 g/mol. The number of methoxy groups -OCH3 is 1. The fourth-order valence-corrected chi connectivity index (χ4v) is 3.10. The number of aryl methyl sites for hydroxylation is 1. The quantitative estimate of drug-likeness (QED) is 0.940. The van der Waals surface area contributed by atoms with E-state index in [0.29, 0.717) is 0 Å². The lowest BCUT2D eigenvalue weighted by molar-refractivity contribution is 0.198. The highest BCUT2D eigenvalue weighted by molar-refractivity contribution is 5.38. The van der Waals surface area contributed by atoms with Crippen LogP contribution in [0.1, 0.15) is 22.7 Å². The van der Waals surface area contributed by atoms with Crippen molar-refractivity contribution in [3.63, 3.8) is 0 Å². The van der Waals surface area contributed by atoms with Crippen LogP contribution < -0.4 is 10.1 Å². The molecule has 22 heavy (non-hydrogen) atoms. The third-order valence-electron chi connectivity index (χ3n) is 4.31. The van der Waals surface area contributed by atoms with E-state index in [1.54, 1.807) is 7.11 Å². The fourth-order valence-electron chi connectivity index (χ4n) is 3.10. The molecule has 1 aliphatic rings. The molecule has 4 heteroatoms. The van der Waals surface area contributed by atoms with Crippen LogP contribution in [0.5, 0.6) is 5.75 Å². The Kier molecular flexibility index (Phi) is 4.71. The highest BCUT2D eigenvalue weighted by Crippen LogP contribution is 2.31. The number of piperazine rings is 1. The topological polar surface area (TPSA) is 37.4 Å². The second kappa shape index (κ2) is 6.90. The van der Waals surface area contributed by atoms with Gasteiger partial charge in [0.25, 0.3) is 0 Å². The van der Waals surface area contributed by atoms with Crippen molar-refractivity contribution in [1.29, 1.82) is 0 Å². The van der Waals surface area contributed by atoms with E-state index in [9.17, 15) is 0 Å². The van der Waals surface area contributed by atoms with E-state index in [2.05, 4.69) is 40.3 Å². The van der Waals surface area contributed by atoms with Crippen molar-refractivity contribution in [3.8, 4) is 5.75 Å². The molecule has 116 valence electrons. The molecule has 2 heterocycles. The molecule has 0 radical (unpaired) electrons. The Morgan fingerprint density at radius 2 is 1.86 bits per heavy atom. The molecule has 0 bridgehead atoms. The van der Waals surface area contributed by atoms with Crippen LogP contribution in [-0.4, -0.2) is 43.2 Å². The first-order chi connectivity index (χ1) is 10.8. The molecule has 1 fully saturated rings. The lowest BCUT2D eigenvalue weighted by Gasteiger charge is -2.36. The maximum atomic E-state index is 5.29. The van der Waals surface area contributed by atoms with Crippen molar-refractivity contribution in [2.24, 2.45) is 0 Å². The van der Waals surface area contributed by atoms with Crippen LogP contribution in [-0.2, 0) is 0 Å². The molecule has 1 aromatic heterocycles. The van der Waals surface area contributed by atoms with Gasteiger partial charge in [0.15, 0.2) is 0 Å². The summed E-state index contributed by atoms with van der Waals surface area (Å²) in [5.74, 6) is 0.897. The SMILES string of the molecule is COc1ccc(C(c2ccncc2C)N2CCNCC2)cc1. The number of benzene rings is 1. The minimum atomic E-state index is 0.274. The first kappa shape index (κ1) is 15.0. The van der Waals surface area contributed by atoms with Crippen LogP contribution in [0.25, 0.3) is 0 Å². The smallest absolute Gasteiger partial charge is 0.118 e. The lowest BCUT2D eigenvalue weighted by atomic mass is 9.94. The second-order valence-corrected chi connectivity index (χ2v) is 5.69. The summed E-state index contributed by atoms with van der Waals surface area (Å²) >= 11 is 0. The summed E-state index contributed by atoms with van der Waals surface area (Å²) in [4.78, 5) is 6.78. The Bertz CT molecular complexity index is 606.